The van der Waals surface area contributed by atoms with Gasteiger partial charge in [0.1, 0.15) is 0 Å². The van der Waals surface area contributed by atoms with E-state index in [4.69, 9.17) is 5.73 Å². The maximum absolute atomic E-state index is 12.4. The maximum atomic E-state index is 12.4. The van der Waals surface area contributed by atoms with E-state index in [0.717, 1.165) is 29.9 Å². The third-order valence-electron chi connectivity index (χ3n) is 4.66. The number of aryl methyl sites for hydroxylation is 2. The van der Waals surface area contributed by atoms with Gasteiger partial charge in [-0.25, -0.2) is 0 Å². The van der Waals surface area contributed by atoms with Gasteiger partial charge in [0.15, 0.2) is 0 Å². The number of nitrogens with one attached hydrogen (secondary N) is 2. The highest BCUT2D eigenvalue weighted by Crippen LogP contribution is 2.48. The van der Waals surface area contributed by atoms with E-state index in [1.54, 1.807) is 0 Å². The topological polar surface area (TPSA) is 83.8 Å². The number of nitrogens with two attached hydrogens (primary N) is 1. The monoisotopic (exact) mass is 248 g/mol. The fourth-order valence-electron chi connectivity index (χ4n) is 3.67. The molecule has 2 fully saturated rings. The molecule has 1 aromatic rings. The van der Waals surface area contributed by atoms with Gasteiger partial charge in [-0.05, 0) is 44.9 Å². The van der Waals surface area contributed by atoms with E-state index < -0.39 is 0 Å². The predicted octanol–water partition coefficient (Wildman–Crippen LogP) is 1.34. The van der Waals surface area contributed by atoms with Crippen molar-refractivity contribution in [1.82, 2.24) is 10.2 Å². The smallest absolute Gasteiger partial charge is 0.229 e. The van der Waals surface area contributed by atoms with Crippen LogP contribution in [0.15, 0.2) is 0 Å². The lowest BCUT2D eigenvalue weighted by molar-refractivity contribution is -0.121. The van der Waals surface area contributed by atoms with E-state index >= 15 is 0 Å². The zero-order chi connectivity index (χ0) is 12.9. The third kappa shape index (κ3) is 1.65. The van der Waals surface area contributed by atoms with Gasteiger partial charge in [-0.2, -0.15) is 5.10 Å². The molecule has 1 heterocycles. The van der Waals surface area contributed by atoms with Crippen molar-refractivity contribution in [2.45, 2.75) is 39.2 Å². The molecule has 1 amide bonds. The number of hydrogen-bond donors (Lipinski definition) is 3. The third-order valence-corrected chi connectivity index (χ3v) is 4.66. The minimum absolute atomic E-state index is 0.0163. The molecule has 4 unspecified atom stereocenters. The highest BCUT2D eigenvalue weighted by Gasteiger charge is 2.49. The van der Waals surface area contributed by atoms with Crippen LogP contribution >= 0.6 is 0 Å². The number of nitrogens with zero attached hydrogens (tertiary/aromatic N) is 1. The molecule has 2 bridgehead atoms. The standard InChI is InChI=1S/C13H20N4O/c1-6-12(7(2)17-16-6)15-13(18)10-8-3-4-9(5-8)11(10)14/h8-11H,3-5,14H2,1-2H3,(H,15,18)(H,16,17). The second-order valence-corrected chi connectivity index (χ2v) is 5.73. The Morgan fingerprint density at radius 3 is 2.67 bits per heavy atom. The number of carbonyl (C=O) groups is 1. The Bertz CT molecular complexity index is 460. The van der Waals surface area contributed by atoms with E-state index in [-0.39, 0.29) is 17.9 Å². The van der Waals surface area contributed by atoms with Crippen LogP contribution in [0.2, 0.25) is 0 Å². The van der Waals surface area contributed by atoms with Gasteiger partial charge in [0, 0.05) is 6.04 Å². The van der Waals surface area contributed by atoms with Crippen molar-refractivity contribution >= 4 is 11.6 Å². The second-order valence-electron chi connectivity index (χ2n) is 5.73. The summed E-state index contributed by atoms with van der Waals surface area (Å²) in [5.41, 5.74) is 8.73. The number of aromatic nitrogens is 2. The van der Waals surface area contributed by atoms with Crippen molar-refractivity contribution in [3.63, 3.8) is 0 Å². The molecular weight excluding hydrogens is 228 g/mol. The van der Waals surface area contributed by atoms with Gasteiger partial charge < -0.3 is 11.1 Å². The predicted molar refractivity (Wildman–Crippen MR) is 69.0 cm³/mol. The highest BCUT2D eigenvalue weighted by molar-refractivity contribution is 5.94. The fraction of sp³-hybridized carbons (Fsp3) is 0.692. The molecule has 5 heteroatoms. The molecule has 0 saturated heterocycles. The van der Waals surface area contributed by atoms with Gasteiger partial charge in [0.2, 0.25) is 5.91 Å². The molecule has 0 radical (unpaired) electrons. The van der Waals surface area contributed by atoms with Crippen LogP contribution in [0, 0.1) is 31.6 Å². The van der Waals surface area contributed by atoms with E-state index in [0.29, 0.717) is 11.8 Å². The summed E-state index contributed by atoms with van der Waals surface area (Å²) in [6.45, 7) is 3.80. The number of carbonyl (C=O) groups excluding carboxylic acids is 1. The van der Waals surface area contributed by atoms with Crippen LogP contribution in [0.4, 0.5) is 5.69 Å². The van der Waals surface area contributed by atoms with Crippen LogP contribution < -0.4 is 11.1 Å². The van der Waals surface area contributed by atoms with Crippen LogP contribution in [0.1, 0.15) is 30.7 Å². The normalized spacial score (nSPS) is 33.9. The molecule has 18 heavy (non-hydrogen) atoms. The zero-order valence-corrected chi connectivity index (χ0v) is 10.9. The lowest BCUT2D eigenvalue weighted by atomic mass is 9.84. The minimum atomic E-state index is -0.0163. The molecule has 98 valence electrons. The number of anilines is 1. The Kier molecular flexibility index (Phi) is 2.66. The summed E-state index contributed by atoms with van der Waals surface area (Å²) < 4.78 is 0. The molecule has 2 aliphatic rings. The number of H-pyrrole nitrogens is 1. The van der Waals surface area contributed by atoms with Crippen molar-refractivity contribution < 1.29 is 4.79 Å². The molecule has 4 atom stereocenters. The fourth-order valence-corrected chi connectivity index (χ4v) is 3.67. The van der Waals surface area contributed by atoms with Crippen LogP contribution in [-0.4, -0.2) is 22.1 Å². The number of amides is 1. The van der Waals surface area contributed by atoms with Crippen LogP contribution in [0.5, 0.6) is 0 Å². The molecule has 3 rings (SSSR count). The van der Waals surface area contributed by atoms with Crippen LogP contribution in [0.3, 0.4) is 0 Å². The first kappa shape index (κ1) is 11.7. The summed E-state index contributed by atoms with van der Waals surface area (Å²) >= 11 is 0. The number of rotatable bonds is 2. The van der Waals surface area contributed by atoms with Gasteiger partial charge >= 0.3 is 0 Å². The van der Waals surface area contributed by atoms with Gasteiger partial charge in [-0.3, -0.25) is 9.89 Å². The molecule has 1 aromatic heterocycles. The van der Waals surface area contributed by atoms with E-state index in [2.05, 4.69) is 15.5 Å². The van der Waals surface area contributed by atoms with E-state index in [1.165, 1.54) is 6.42 Å². The Balaban J connectivity index is 1.76. The van der Waals surface area contributed by atoms with E-state index in [1.807, 2.05) is 13.8 Å². The molecule has 0 aliphatic heterocycles. The van der Waals surface area contributed by atoms with Crippen molar-refractivity contribution in [1.29, 1.82) is 0 Å². The summed E-state index contributed by atoms with van der Waals surface area (Å²) in [7, 11) is 0. The molecule has 5 nitrogen and oxygen atoms in total. The molecule has 4 N–H and O–H groups in total. The molecule has 0 aromatic carbocycles. The van der Waals surface area contributed by atoms with Gasteiger partial charge in [-0.15, -0.1) is 0 Å². The number of hydrogen-bond acceptors (Lipinski definition) is 3. The van der Waals surface area contributed by atoms with Gasteiger partial charge in [0.05, 0.1) is 23.0 Å². The summed E-state index contributed by atoms with van der Waals surface area (Å²) in [5.74, 6) is 1.09. The van der Waals surface area contributed by atoms with Crippen molar-refractivity contribution in [3.05, 3.63) is 11.4 Å². The molecule has 2 aliphatic carbocycles. The quantitative estimate of drug-likeness (QED) is 0.738. The van der Waals surface area contributed by atoms with Crippen LogP contribution in [0.25, 0.3) is 0 Å². The maximum Gasteiger partial charge on any atom is 0.229 e. The van der Waals surface area contributed by atoms with E-state index in [9.17, 15) is 4.79 Å². The molecular formula is C13H20N4O. The first-order chi connectivity index (χ1) is 8.58. The van der Waals surface area contributed by atoms with Crippen LogP contribution in [-0.2, 0) is 4.79 Å². The second kappa shape index (κ2) is 4.09. The largest absolute Gasteiger partial charge is 0.327 e. The Morgan fingerprint density at radius 2 is 2.11 bits per heavy atom. The molecule has 0 spiro atoms. The summed E-state index contributed by atoms with van der Waals surface area (Å²) in [6, 6.07) is 0.0382. The summed E-state index contributed by atoms with van der Waals surface area (Å²) in [6.07, 6.45) is 3.47. The molecule has 2 saturated carbocycles. The number of fused-ring (bicyclic) bond motifs is 2. The first-order valence-electron chi connectivity index (χ1n) is 6.66. The Labute approximate surface area is 107 Å². The minimum Gasteiger partial charge on any atom is -0.327 e. The lowest BCUT2D eigenvalue weighted by Gasteiger charge is -2.27. The Morgan fingerprint density at radius 1 is 1.39 bits per heavy atom. The summed E-state index contributed by atoms with van der Waals surface area (Å²) in [5, 5.41) is 9.98. The zero-order valence-electron chi connectivity index (χ0n) is 10.9. The van der Waals surface area contributed by atoms with Crippen molar-refractivity contribution in [3.8, 4) is 0 Å². The van der Waals surface area contributed by atoms with Crippen molar-refractivity contribution in [2.24, 2.45) is 23.5 Å². The SMILES string of the molecule is Cc1n[nH]c(C)c1NC(=O)C1C2CCC(C2)C1N. The van der Waals surface area contributed by atoms with Crippen molar-refractivity contribution in [2.75, 3.05) is 5.32 Å². The van der Waals surface area contributed by atoms with Gasteiger partial charge in [0.25, 0.3) is 0 Å². The number of aromatic amines is 1. The highest BCUT2D eigenvalue weighted by atomic mass is 16.2. The summed E-state index contributed by atoms with van der Waals surface area (Å²) in [4.78, 5) is 12.4. The average molecular weight is 248 g/mol. The Hall–Kier alpha value is -1.36. The lowest BCUT2D eigenvalue weighted by Crippen LogP contribution is -2.42. The average Bonchev–Trinajstić information content (AvgIpc) is 2.99. The first-order valence-corrected chi connectivity index (χ1v) is 6.66. The van der Waals surface area contributed by atoms with Gasteiger partial charge in [-0.1, -0.05) is 0 Å².